The second-order valence-corrected chi connectivity index (χ2v) is 15.9. The third kappa shape index (κ3) is 8.43. The van der Waals surface area contributed by atoms with Crippen molar-refractivity contribution in [3.05, 3.63) is 151 Å². The summed E-state index contributed by atoms with van der Waals surface area (Å²) in [5, 5.41) is 11.9. The topological polar surface area (TPSA) is 85.5 Å². The van der Waals surface area contributed by atoms with Crippen LogP contribution in [0.1, 0.15) is 5.56 Å². The summed E-state index contributed by atoms with van der Waals surface area (Å²) in [6.07, 6.45) is 0. The normalized spacial score (nSPS) is 10.5. The number of para-hydroxylation sites is 2. The van der Waals surface area contributed by atoms with E-state index in [-0.39, 0.29) is 10.9 Å². The summed E-state index contributed by atoms with van der Waals surface area (Å²) in [6, 6.07) is 48.8. The molecule has 5 nitrogen and oxygen atoms in total. The molecule has 4 N–H and O–H groups in total. The van der Waals surface area contributed by atoms with Crippen LogP contribution in [-0.4, -0.2) is 30.7 Å². The van der Waals surface area contributed by atoms with Gasteiger partial charge in [0.1, 0.15) is 0 Å². The predicted octanol–water partition coefficient (Wildman–Crippen LogP) is 3.38. The van der Waals surface area contributed by atoms with Gasteiger partial charge >= 0.3 is 121 Å². The number of hydrogen-bond acceptors (Lipinski definition) is 3. The first-order chi connectivity index (χ1) is 19.1. The molecule has 0 aliphatic heterocycles. The molecule has 0 atom stereocenters. The zero-order chi connectivity index (χ0) is 27.3. The molecule has 39 heavy (non-hydrogen) atoms. The summed E-state index contributed by atoms with van der Waals surface area (Å²) in [5.41, 5.74) is 11.9. The molecule has 0 aromatic heterocycles. The fourth-order valence-corrected chi connectivity index (χ4v) is 11.3. The molecular formula is C32H28N4OSSn. The molecule has 0 saturated carbocycles. The van der Waals surface area contributed by atoms with Gasteiger partial charge in [-0.25, -0.2) is 4.99 Å². The van der Waals surface area contributed by atoms with E-state index in [9.17, 15) is 5.11 Å². The van der Waals surface area contributed by atoms with Gasteiger partial charge in [0.2, 0.25) is 0 Å². The molecule has 0 aliphatic carbocycles. The Balaban J connectivity index is 0.000000181. The fraction of sp³-hybridized carbons (Fsp3) is 0. The van der Waals surface area contributed by atoms with Gasteiger partial charge in [0, 0.05) is 5.56 Å². The number of thiocarbonyl (C=S) groups is 1. The van der Waals surface area contributed by atoms with Gasteiger partial charge in [-0.15, -0.1) is 0 Å². The van der Waals surface area contributed by atoms with Gasteiger partial charge in [0.15, 0.2) is 10.9 Å². The molecular weight excluding hydrogens is 607 g/mol. The van der Waals surface area contributed by atoms with Crippen molar-refractivity contribution >= 4 is 59.4 Å². The average Bonchev–Trinajstić information content (AvgIpc) is 2.98. The molecule has 5 aromatic carbocycles. The summed E-state index contributed by atoms with van der Waals surface area (Å²) >= 11 is 2.75. The van der Waals surface area contributed by atoms with Crippen LogP contribution in [0.5, 0.6) is 5.75 Å². The Kier molecular flexibility index (Phi) is 10.5. The zero-order valence-electron chi connectivity index (χ0n) is 21.2. The summed E-state index contributed by atoms with van der Waals surface area (Å²) in [7, 11) is 0. The van der Waals surface area contributed by atoms with E-state index in [4.69, 9.17) is 18.0 Å². The van der Waals surface area contributed by atoms with Crippen molar-refractivity contribution in [2.45, 2.75) is 0 Å². The van der Waals surface area contributed by atoms with Crippen LogP contribution in [0.2, 0.25) is 0 Å². The van der Waals surface area contributed by atoms with Crippen LogP contribution < -0.4 is 32.4 Å². The molecule has 5 aromatic rings. The number of nitrogens with zero attached hydrogens (tertiary/aromatic N) is 1. The molecule has 0 unspecified atom stereocenters. The molecule has 0 aliphatic rings. The number of hydrogen-bond donors (Lipinski definition) is 3. The summed E-state index contributed by atoms with van der Waals surface area (Å²) in [6.45, 7) is 0. The number of nitrogens with two attached hydrogens (primary N) is 1. The number of nitrogens with one attached hydrogen (secondary N) is 2. The first kappa shape index (κ1) is 27.9. The van der Waals surface area contributed by atoms with Gasteiger partial charge in [-0.3, -0.25) is 10.9 Å². The van der Waals surface area contributed by atoms with Crippen LogP contribution in [0.3, 0.4) is 0 Å². The molecule has 0 heterocycles. The molecule has 0 spiro atoms. The number of hydrazine groups is 1. The van der Waals surface area contributed by atoms with Gasteiger partial charge in [0.25, 0.3) is 0 Å². The minimum absolute atomic E-state index is 0.0640. The minimum atomic E-state index is -1.98. The number of aliphatic imine (C=N–C) groups is 1. The molecule has 0 bridgehead atoms. The zero-order valence-corrected chi connectivity index (χ0v) is 24.9. The Morgan fingerprint density at radius 2 is 1.00 bits per heavy atom. The van der Waals surface area contributed by atoms with Gasteiger partial charge in [0.05, 0.1) is 5.69 Å². The van der Waals surface area contributed by atoms with E-state index in [0.717, 1.165) is 0 Å². The van der Waals surface area contributed by atoms with E-state index in [2.05, 4.69) is 107 Å². The van der Waals surface area contributed by atoms with E-state index in [1.807, 2.05) is 30.3 Å². The van der Waals surface area contributed by atoms with Gasteiger partial charge in [-0.05, 0) is 24.4 Å². The van der Waals surface area contributed by atoms with E-state index >= 15 is 0 Å². The molecule has 0 radical (unpaired) electrons. The van der Waals surface area contributed by atoms with Crippen LogP contribution in [-0.2, 0) is 0 Å². The maximum absolute atomic E-state index is 11.9. The molecule has 0 amide bonds. The van der Waals surface area contributed by atoms with Crippen LogP contribution in [0.4, 0.5) is 5.69 Å². The first-order valence-corrected chi connectivity index (χ1v) is 17.1. The number of rotatable bonds is 5. The van der Waals surface area contributed by atoms with Gasteiger partial charge < -0.3 is 10.8 Å². The van der Waals surface area contributed by atoms with Crippen LogP contribution in [0.15, 0.2) is 151 Å². The van der Waals surface area contributed by atoms with Crippen molar-refractivity contribution in [2.75, 3.05) is 0 Å². The van der Waals surface area contributed by atoms with Crippen LogP contribution in [0, 0.1) is 0 Å². The summed E-state index contributed by atoms with van der Waals surface area (Å²) in [4.78, 5) is 4.39. The SMILES string of the molecule is NC(=S)NNC(=Nc1ccccc1)c1ccccc1[O-].c1cc[c]([Sn+]([c]2ccccc2)[c]2ccccc2)cc1. The van der Waals surface area contributed by atoms with E-state index in [0.29, 0.717) is 17.1 Å². The van der Waals surface area contributed by atoms with E-state index in [1.165, 1.54) is 16.8 Å². The van der Waals surface area contributed by atoms with E-state index < -0.39 is 19.8 Å². The number of benzene rings is 5. The average molecular weight is 635 g/mol. The van der Waals surface area contributed by atoms with Crippen molar-refractivity contribution in [3.8, 4) is 5.75 Å². The summed E-state index contributed by atoms with van der Waals surface area (Å²) in [5.74, 6) is 0.217. The first-order valence-electron chi connectivity index (χ1n) is 12.4. The van der Waals surface area contributed by atoms with Crippen LogP contribution in [0.25, 0.3) is 0 Å². The fourth-order valence-electron chi connectivity index (χ4n) is 3.88. The van der Waals surface area contributed by atoms with Crippen molar-refractivity contribution in [3.63, 3.8) is 0 Å². The molecule has 5 rings (SSSR count). The van der Waals surface area contributed by atoms with Crippen molar-refractivity contribution < 1.29 is 5.11 Å². The Bertz CT molecular complexity index is 1390. The monoisotopic (exact) mass is 636 g/mol. The molecule has 0 fully saturated rings. The Hall–Kier alpha value is -4.14. The van der Waals surface area contributed by atoms with Gasteiger partial charge in [-0.1, -0.05) is 48.2 Å². The molecule has 0 saturated heterocycles. The van der Waals surface area contributed by atoms with Crippen LogP contribution >= 0.6 is 12.2 Å². The standard InChI is InChI=1S/C14H14N4OS.3C6H5.Sn/c15-14(20)18-17-13(11-8-4-5-9-12(11)19)16-10-6-2-1-3-7-10;3*1-2-4-6-5-3-1;/h1-9,19H,(H,16,17)(H3,15,18,20);3*1-5H;/q;;;;+1/p-1. The maximum atomic E-state index is 11.9. The molecule has 192 valence electrons. The second kappa shape index (κ2) is 14.7. The Labute approximate surface area is 241 Å². The number of amidine groups is 1. The van der Waals surface area contributed by atoms with Crippen molar-refractivity contribution in [2.24, 2.45) is 10.7 Å². The van der Waals surface area contributed by atoms with E-state index in [1.54, 1.807) is 18.2 Å². The third-order valence-electron chi connectivity index (χ3n) is 5.63. The second-order valence-electron chi connectivity index (χ2n) is 8.38. The van der Waals surface area contributed by atoms with Crippen molar-refractivity contribution in [1.82, 2.24) is 10.9 Å². The Morgan fingerprint density at radius 1 is 0.590 bits per heavy atom. The predicted molar refractivity (Wildman–Crippen MR) is 166 cm³/mol. The Morgan fingerprint density at radius 3 is 1.44 bits per heavy atom. The third-order valence-corrected chi connectivity index (χ3v) is 13.5. The summed E-state index contributed by atoms with van der Waals surface area (Å²) < 4.78 is 4.59. The molecule has 7 heteroatoms. The van der Waals surface area contributed by atoms with Gasteiger partial charge in [-0.2, -0.15) is 0 Å². The quantitative estimate of drug-likeness (QED) is 0.0908. The van der Waals surface area contributed by atoms with Crippen molar-refractivity contribution in [1.29, 1.82) is 0 Å².